The maximum absolute atomic E-state index is 12.6. The van der Waals surface area contributed by atoms with Crippen molar-refractivity contribution >= 4 is 28.5 Å². The van der Waals surface area contributed by atoms with Crippen LogP contribution in [-0.2, 0) is 11.3 Å². The van der Waals surface area contributed by atoms with Crippen molar-refractivity contribution < 1.29 is 14.3 Å². The number of para-hydroxylation sites is 2. The number of ether oxygens (including phenoxy) is 2. The molecule has 0 saturated carbocycles. The Balaban J connectivity index is 1.35. The summed E-state index contributed by atoms with van der Waals surface area (Å²) in [5.74, 6) is 2.15. The molecule has 0 bridgehead atoms. The van der Waals surface area contributed by atoms with Crippen molar-refractivity contribution in [2.24, 2.45) is 0 Å². The van der Waals surface area contributed by atoms with Crippen LogP contribution in [0.4, 0.5) is 0 Å². The third-order valence-corrected chi connectivity index (χ3v) is 6.25. The van der Waals surface area contributed by atoms with Gasteiger partial charge in [-0.05, 0) is 81.6 Å². The number of hydrogen-bond acceptors (Lipinski definition) is 4. The molecule has 0 fully saturated rings. The lowest BCUT2D eigenvalue weighted by atomic mass is 10.1. The average Bonchev–Trinajstić information content (AvgIpc) is 3.23. The molecule has 0 aliphatic rings. The number of nitrogens with zero attached hydrogens (tertiary/aromatic N) is 2. The first-order valence-electron chi connectivity index (χ1n) is 12.2. The van der Waals surface area contributed by atoms with Gasteiger partial charge in [-0.25, -0.2) is 4.98 Å². The highest BCUT2D eigenvalue weighted by atomic mass is 35.5. The van der Waals surface area contributed by atoms with Gasteiger partial charge in [0.15, 0.2) is 6.61 Å². The number of rotatable bonds is 11. The summed E-state index contributed by atoms with van der Waals surface area (Å²) >= 11 is 5.90. The van der Waals surface area contributed by atoms with Crippen LogP contribution in [0.3, 0.4) is 0 Å². The van der Waals surface area contributed by atoms with E-state index in [9.17, 15) is 4.79 Å². The molecule has 1 amide bonds. The zero-order chi connectivity index (χ0) is 25.5. The van der Waals surface area contributed by atoms with E-state index in [2.05, 4.69) is 41.9 Å². The van der Waals surface area contributed by atoms with Gasteiger partial charge in [0.1, 0.15) is 17.3 Å². The van der Waals surface area contributed by atoms with Gasteiger partial charge in [0.25, 0.3) is 5.91 Å². The van der Waals surface area contributed by atoms with Crippen molar-refractivity contribution in [1.29, 1.82) is 0 Å². The smallest absolute Gasteiger partial charge is 0.258 e. The number of fused-ring (bicyclic) bond motifs is 1. The highest BCUT2D eigenvalue weighted by Gasteiger charge is 2.18. The second-order valence-corrected chi connectivity index (χ2v) is 9.40. The first-order chi connectivity index (χ1) is 17.4. The van der Waals surface area contributed by atoms with Gasteiger partial charge in [0.2, 0.25) is 0 Å². The van der Waals surface area contributed by atoms with Crippen LogP contribution in [0, 0.1) is 13.8 Å². The molecule has 188 valence electrons. The quantitative estimate of drug-likeness (QED) is 0.239. The molecule has 0 aliphatic heterocycles. The number of imidazole rings is 1. The van der Waals surface area contributed by atoms with E-state index >= 15 is 0 Å². The highest BCUT2D eigenvalue weighted by Crippen LogP contribution is 2.23. The van der Waals surface area contributed by atoms with Crippen LogP contribution in [0.25, 0.3) is 11.0 Å². The summed E-state index contributed by atoms with van der Waals surface area (Å²) in [6.07, 6.45) is 1.84. The predicted molar refractivity (Wildman–Crippen MR) is 144 cm³/mol. The van der Waals surface area contributed by atoms with Crippen LogP contribution in [0.15, 0.2) is 66.7 Å². The molecule has 1 unspecified atom stereocenters. The van der Waals surface area contributed by atoms with E-state index in [4.69, 9.17) is 26.1 Å². The minimum atomic E-state index is -0.273. The van der Waals surface area contributed by atoms with Crippen LogP contribution in [0.1, 0.15) is 42.8 Å². The van der Waals surface area contributed by atoms with Crippen LogP contribution in [0.2, 0.25) is 5.02 Å². The zero-order valence-corrected chi connectivity index (χ0v) is 21.7. The number of carbonyl (C=O) groups is 1. The van der Waals surface area contributed by atoms with Crippen LogP contribution in [-0.4, -0.2) is 28.7 Å². The molecule has 1 atom stereocenters. The molecule has 1 N–H and O–H groups in total. The molecular formula is C29H32ClN3O3. The number of hydrogen-bond donors (Lipinski definition) is 1. The van der Waals surface area contributed by atoms with Gasteiger partial charge in [-0.15, -0.1) is 0 Å². The maximum atomic E-state index is 12.6. The molecule has 0 spiro atoms. The fraction of sp³-hybridized carbons (Fsp3) is 0.310. The van der Waals surface area contributed by atoms with E-state index in [1.54, 1.807) is 24.3 Å². The molecule has 0 radical (unpaired) electrons. The Kier molecular flexibility index (Phi) is 8.49. The molecule has 0 aliphatic carbocycles. The van der Waals surface area contributed by atoms with E-state index in [0.717, 1.165) is 47.6 Å². The lowest BCUT2D eigenvalue weighted by Gasteiger charge is -2.17. The third-order valence-electron chi connectivity index (χ3n) is 6.00. The van der Waals surface area contributed by atoms with E-state index in [-0.39, 0.29) is 18.6 Å². The third kappa shape index (κ3) is 6.58. The molecule has 1 aromatic heterocycles. The maximum Gasteiger partial charge on any atom is 0.258 e. The highest BCUT2D eigenvalue weighted by molar-refractivity contribution is 6.30. The molecule has 4 rings (SSSR count). The lowest BCUT2D eigenvalue weighted by Crippen LogP contribution is -2.32. The summed E-state index contributed by atoms with van der Waals surface area (Å²) in [7, 11) is 0. The molecule has 6 nitrogen and oxygen atoms in total. The molecular weight excluding hydrogens is 474 g/mol. The molecule has 36 heavy (non-hydrogen) atoms. The van der Waals surface area contributed by atoms with Gasteiger partial charge >= 0.3 is 0 Å². The van der Waals surface area contributed by atoms with Crippen molar-refractivity contribution in [3.63, 3.8) is 0 Å². The van der Waals surface area contributed by atoms with Gasteiger partial charge in [0.05, 0.1) is 23.7 Å². The number of nitrogens with one attached hydrogen (secondary N) is 1. The second kappa shape index (κ2) is 12.0. The Bertz CT molecular complexity index is 1320. The standard InChI is InChI=1S/C29H32ClN3O3/c1-20-10-15-27(21(2)18-20)35-17-7-6-16-33-26-9-5-4-8-25(26)32-29(33)22(3)31-28(34)19-36-24-13-11-23(30)12-14-24/h4-5,8-15,18,22H,6-7,16-17,19H2,1-3H3,(H,31,34). The zero-order valence-electron chi connectivity index (χ0n) is 21.0. The van der Waals surface area contributed by atoms with Gasteiger partial charge in [-0.3, -0.25) is 4.79 Å². The predicted octanol–water partition coefficient (Wildman–Crippen LogP) is 6.42. The van der Waals surface area contributed by atoms with Crippen molar-refractivity contribution in [2.45, 2.75) is 46.2 Å². The van der Waals surface area contributed by atoms with E-state index in [1.165, 1.54) is 5.56 Å². The Hall–Kier alpha value is -3.51. The van der Waals surface area contributed by atoms with Crippen LogP contribution in [0.5, 0.6) is 11.5 Å². The summed E-state index contributed by atoms with van der Waals surface area (Å²) in [5.41, 5.74) is 4.36. The molecule has 7 heteroatoms. The summed E-state index contributed by atoms with van der Waals surface area (Å²) in [6.45, 7) is 7.46. The molecule has 0 saturated heterocycles. The number of halogens is 1. The Morgan fingerprint density at radius 1 is 1.03 bits per heavy atom. The Morgan fingerprint density at radius 3 is 2.58 bits per heavy atom. The van der Waals surface area contributed by atoms with E-state index < -0.39 is 0 Å². The number of aromatic nitrogens is 2. The number of amides is 1. The van der Waals surface area contributed by atoms with E-state index in [0.29, 0.717) is 17.4 Å². The summed E-state index contributed by atoms with van der Waals surface area (Å²) < 4.78 is 13.8. The van der Waals surface area contributed by atoms with Crippen molar-refractivity contribution in [1.82, 2.24) is 14.9 Å². The fourth-order valence-corrected chi connectivity index (χ4v) is 4.33. The topological polar surface area (TPSA) is 65.4 Å². The number of aryl methyl sites for hydroxylation is 3. The minimum absolute atomic E-state index is 0.0814. The molecule has 3 aromatic carbocycles. The van der Waals surface area contributed by atoms with Crippen molar-refractivity contribution in [3.05, 3.63) is 88.7 Å². The second-order valence-electron chi connectivity index (χ2n) is 8.97. The fourth-order valence-electron chi connectivity index (χ4n) is 4.20. The van der Waals surface area contributed by atoms with Gasteiger partial charge in [0, 0.05) is 11.6 Å². The first-order valence-corrected chi connectivity index (χ1v) is 12.6. The normalized spacial score (nSPS) is 11.9. The lowest BCUT2D eigenvalue weighted by molar-refractivity contribution is -0.123. The number of unbranched alkanes of at least 4 members (excludes halogenated alkanes) is 1. The Labute approximate surface area is 217 Å². The summed E-state index contributed by atoms with van der Waals surface area (Å²) in [6, 6.07) is 21.0. The SMILES string of the molecule is Cc1ccc(OCCCCn2c(C(C)NC(=O)COc3ccc(Cl)cc3)nc3ccccc32)c(C)c1. The van der Waals surface area contributed by atoms with Crippen LogP contribution < -0.4 is 14.8 Å². The van der Waals surface area contributed by atoms with Gasteiger partial charge in [-0.1, -0.05) is 41.4 Å². The van der Waals surface area contributed by atoms with Crippen molar-refractivity contribution in [3.8, 4) is 11.5 Å². The molecule has 1 heterocycles. The summed E-state index contributed by atoms with van der Waals surface area (Å²) in [4.78, 5) is 17.4. The van der Waals surface area contributed by atoms with E-state index in [1.807, 2.05) is 31.2 Å². The monoisotopic (exact) mass is 505 g/mol. The van der Waals surface area contributed by atoms with Crippen molar-refractivity contribution in [2.75, 3.05) is 13.2 Å². The van der Waals surface area contributed by atoms with Gasteiger partial charge in [-0.2, -0.15) is 0 Å². The number of carbonyl (C=O) groups excluding carboxylic acids is 1. The molecule has 4 aromatic rings. The summed E-state index contributed by atoms with van der Waals surface area (Å²) in [5, 5.41) is 3.64. The Morgan fingerprint density at radius 2 is 1.81 bits per heavy atom. The minimum Gasteiger partial charge on any atom is -0.493 e. The number of benzene rings is 3. The van der Waals surface area contributed by atoms with Crippen LogP contribution >= 0.6 is 11.6 Å². The average molecular weight is 506 g/mol. The van der Waals surface area contributed by atoms with Gasteiger partial charge < -0.3 is 19.4 Å². The largest absolute Gasteiger partial charge is 0.493 e. The first kappa shape index (κ1) is 25.6.